The van der Waals surface area contributed by atoms with Crippen molar-refractivity contribution in [3.05, 3.63) is 63.9 Å². The van der Waals surface area contributed by atoms with E-state index in [0.29, 0.717) is 11.1 Å². The molecule has 1 aliphatic rings. The Morgan fingerprint density at radius 3 is 2.85 bits per heavy atom. The molecule has 0 saturated heterocycles. The molecule has 4 heteroatoms. The number of amides is 1. The van der Waals surface area contributed by atoms with E-state index in [0.717, 1.165) is 16.8 Å². The van der Waals surface area contributed by atoms with Gasteiger partial charge in [-0.1, -0.05) is 35.9 Å². The van der Waals surface area contributed by atoms with E-state index < -0.39 is 5.82 Å². The number of nitrogens with one attached hydrogen (secondary N) is 1. The van der Waals surface area contributed by atoms with Gasteiger partial charge in [0, 0.05) is 22.4 Å². The van der Waals surface area contributed by atoms with Crippen molar-refractivity contribution in [1.82, 2.24) is 0 Å². The topological polar surface area (TPSA) is 29.1 Å². The van der Waals surface area contributed by atoms with Crippen LogP contribution in [0.4, 0.5) is 10.1 Å². The monoisotopic (exact) mass is 287 g/mol. The van der Waals surface area contributed by atoms with Crippen molar-refractivity contribution >= 4 is 34.8 Å². The Kier molecular flexibility index (Phi) is 3.07. The summed E-state index contributed by atoms with van der Waals surface area (Å²) in [5.41, 5.74) is 3.33. The molecule has 3 rings (SSSR count). The molecule has 0 radical (unpaired) electrons. The lowest BCUT2D eigenvalue weighted by Crippen LogP contribution is -2.03. The van der Waals surface area contributed by atoms with Crippen molar-refractivity contribution in [2.45, 2.75) is 6.92 Å². The minimum atomic E-state index is -0.518. The van der Waals surface area contributed by atoms with Crippen molar-refractivity contribution in [1.29, 1.82) is 0 Å². The second-order valence-electron chi connectivity index (χ2n) is 4.70. The number of hydrogen-bond acceptors (Lipinski definition) is 1. The maximum absolute atomic E-state index is 13.9. The molecule has 0 atom stereocenters. The van der Waals surface area contributed by atoms with Crippen LogP contribution in [0.25, 0.3) is 11.6 Å². The molecule has 0 fully saturated rings. The van der Waals surface area contributed by atoms with Crippen molar-refractivity contribution in [3.8, 4) is 0 Å². The van der Waals surface area contributed by atoms with E-state index in [1.807, 2.05) is 25.1 Å². The van der Waals surface area contributed by atoms with E-state index in [1.165, 1.54) is 12.1 Å². The molecule has 0 saturated carbocycles. The van der Waals surface area contributed by atoms with Gasteiger partial charge in [0.15, 0.2) is 0 Å². The summed E-state index contributed by atoms with van der Waals surface area (Å²) in [6.45, 7) is 1.95. The second-order valence-corrected chi connectivity index (χ2v) is 5.11. The fourth-order valence-electron chi connectivity index (χ4n) is 2.24. The van der Waals surface area contributed by atoms with Gasteiger partial charge in [0.25, 0.3) is 5.91 Å². The van der Waals surface area contributed by atoms with Crippen LogP contribution in [0, 0.1) is 12.7 Å². The third-order valence-corrected chi connectivity index (χ3v) is 3.53. The SMILES string of the molecule is Cc1ccc2c(c1)NC(=O)/C2=C/c1cccc(Cl)c1F. The molecule has 1 aliphatic heterocycles. The van der Waals surface area contributed by atoms with Gasteiger partial charge < -0.3 is 5.32 Å². The first kappa shape index (κ1) is 12.9. The lowest BCUT2D eigenvalue weighted by Gasteiger charge is -2.02. The van der Waals surface area contributed by atoms with Crippen LogP contribution < -0.4 is 5.32 Å². The maximum atomic E-state index is 13.9. The van der Waals surface area contributed by atoms with Crippen LogP contribution in [-0.2, 0) is 4.79 Å². The third kappa shape index (κ3) is 2.10. The highest BCUT2D eigenvalue weighted by Crippen LogP contribution is 2.34. The number of anilines is 1. The average molecular weight is 288 g/mol. The van der Waals surface area contributed by atoms with E-state index >= 15 is 0 Å². The van der Waals surface area contributed by atoms with E-state index in [-0.39, 0.29) is 10.9 Å². The lowest BCUT2D eigenvalue weighted by atomic mass is 10.0. The van der Waals surface area contributed by atoms with Crippen LogP contribution in [0.3, 0.4) is 0 Å². The Balaban J connectivity index is 2.14. The summed E-state index contributed by atoms with van der Waals surface area (Å²) in [5.74, 6) is -0.750. The number of fused-ring (bicyclic) bond motifs is 1. The summed E-state index contributed by atoms with van der Waals surface area (Å²) in [6, 6.07) is 10.4. The highest BCUT2D eigenvalue weighted by molar-refractivity contribution is 6.35. The average Bonchev–Trinajstić information content (AvgIpc) is 2.70. The maximum Gasteiger partial charge on any atom is 0.256 e. The molecule has 0 unspecified atom stereocenters. The van der Waals surface area contributed by atoms with Crippen molar-refractivity contribution in [3.63, 3.8) is 0 Å². The number of carbonyl (C=O) groups excluding carboxylic acids is 1. The molecule has 0 aliphatic carbocycles. The molecule has 1 heterocycles. The zero-order valence-electron chi connectivity index (χ0n) is 10.7. The zero-order chi connectivity index (χ0) is 14.3. The molecular formula is C16H11ClFNO. The van der Waals surface area contributed by atoms with Crippen molar-refractivity contribution in [2.24, 2.45) is 0 Å². The van der Waals surface area contributed by atoms with Gasteiger partial charge in [-0.25, -0.2) is 4.39 Å². The van der Waals surface area contributed by atoms with Crippen LogP contribution in [0.15, 0.2) is 36.4 Å². The van der Waals surface area contributed by atoms with Crippen molar-refractivity contribution in [2.75, 3.05) is 5.32 Å². The van der Waals surface area contributed by atoms with E-state index in [9.17, 15) is 9.18 Å². The first-order chi connectivity index (χ1) is 9.56. The number of carbonyl (C=O) groups is 1. The molecule has 0 aromatic heterocycles. The molecule has 1 N–H and O–H groups in total. The minimum Gasteiger partial charge on any atom is -0.321 e. The summed E-state index contributed by atoms with van der Waals surface area (Å²) < 4.78 is 13.9. The fraction of sp³-hybridized carbons (Fsp3) is 0.0625. The normalized spacial score (nSPS) is 15.3. The molecule has 2 aromatic rings. The first-order valence-corrected chi connectivity index (χ1v) is 6.52. The summed E-state index contributed by atoms with van der Waals surface area (Å²) in [6.07, 6.45) is 1.53. The van der Waals surface area contributed by atoms with Gasteiger partial charge in [-0.3, -0.25) is 4.79 Å². The fourth-order valence-corrected chi connectivity index (χ4v) is 2.42. The Bertz CT molecular complexity index is 752. The lowest BCUT2D eigenvalue weighted by molar-refractivity contribution is -0.110. The quantitative estimate of drug-likeness (QED) is 0.779. The van der Waals surface area contributed by atoms with Gasteiger partial charge in [-0.05, 0) is 30.7 Å². The van der Waals surface area contributed by atoms with Gasteiger partial charge in [-0.15, -0.1) is 0 Å². The van der Waals surface area contributed by atoms with Crippen LogP contribution in [0.5, 0.6) is 0 Å². The molecule has 0 bridgehead atoms. The smallest absolute Gasteiger partial charge is 0.256 e. The van der Waals surface area contributed by atoms with Gasteiger partial charge in [0.2, 0.25) is 0 Å². The van der Waals surface area contributed by atoms with Crippen LogP contribution >= 0.6 is 11.6 Å². The van der Waals surface area contributed by atoms with E-state index in [4.69, 9.17) is 11.6 Å². The molecule has 0 spiro atoms. The molecule has 1 amide bonds. The second kappa shape index (κ2) is 4.76. The number of hydrogen-bond donors (Lipinski definition) is 1. The Morgan fingerprint density at radius 1 is 1.25 bits per heavy atom. The summed E-state index contributed by atoms with van der Waals surface area (Å²) >= 11 is 5.75. The Labute approximate surface area is 120 Å². The van der Waals surface area contributed by atoms with Gasteiger partial charge >= 0.3 is 0 Å². The zero-order valence-corrected chi connectivity index (χ0v) is 11.5. The summed E-state index contributed by atoms with van der Waals surface area (Å²) in [7, 11) is 0. The van der Waals surface area contributed by atoms with E-state index in [1.54, 1.807) is 12.1 Å². The Morgan fingerprint density at radius 2 is 2.05 bits per heavy atom. The predicted octanol–water partition coefficient (Wildman–Crippen LogP) is 4.28. The number of halogens is 2. The summed E-state index contributed by atoms with van der Waals surface area (Å²) in [4.78, 5) is 12.0. The molecular weight excluding hydrogens is 277 g/mol. The van der Waals surface area contributed by atoms with Gasteiger partial charge in [-0.2, -0.15) is 0 Å². The summed E-state index contributed by atoms with van der Waals surface area (Å²) in [5, 5.41) is 2.82. The molecule has 20 heavy (non-hydrogen) atoms. The highest BCUT2D eigenvalue weighted by atomic mass is 35.5. The number of benzene rings is 2. The standard InChI is InChI=1S/C16H11ClFNO/c1-9-5-6-11-12(16(20)19-14(11)7-9)8-10-3-2-4-13(17)15(10)18/h2-8H,1H3,(H,19,20)/b12-8+. The van der Waals surface area contributed by atoms with Crippen LogP contribution in [0.1, 0.15) is 16.7 Å². The van der Waals surface area contributed by atoms with Crippen LogP contribution in [-0.4, -0.2) is 5.91 Å². The number of rotatable bonds is 1. The van der Waals surface area contributed by atoms with Gasteiger partial charge in [0.05, 0.1) is 5.02 Å². The first-order valence-electron chi connectivity index (χ1n) is 6.14. The largest absolute Gasteiger partial charge is 0.321 e. The van der Waals surface area contributed by atoms with Crippen LogP contribution in [0.2, 0.25) is 5.02 Å². The minimum absolute atomic E-state index is 0.0434. The van der Waals surface area contributed by atoms with Crippen molar-refractivity contribution < 1.29 is 9.18 Å². The molecule has 100 valence electrons. The molecule has 2 nitrogen and oxygen atoms in total. The third-order valence-electron chi connectivity index (χ3n) is 3.24. The number of aryl methyl sites for hydroxylation is 1. The highest BCUT2D eigenvalue weighted by Gasteiger charge is 2.24. The Hall–Kier alpha value is -2.13. The van der Waals surface area contributed by atoms with Gasteiger partial charge in [0.1, 0.15) is 5.82 Å². The van der Waals surface area contributed by atoms with E-state index in [2.05, 4.69) is 5.32 Å². The molecule has 2 aromatic carbocycles. The predicted molar refractivity (Wildman–Crippen MR) is 79.1 cm³/mol.